The Bertz CT molecular complexity index is 369. The van der Waals surface area contributed by atoms with E-state index in [4.69, 9.17) is 0 Å². The normalized spacial score (nSPS) is 23.6. The van der Waals surface area contributed by atoms with E-state index in [2.05, 4.69) is 15.3 Å². The molecule has 1 aliphatic rings. The fourth-order valence-electron chi connectivity index (χ4n) is 2.35. The minimum atomic E-state index is -0.193. The van der Waals surface area contributed by atoms with E-state index in [-0.39, 0.29) is 12.5 Å². The fraction of sp³-hybridized carbons (Fsp3) is 0.583. The molecule has 2 unspecified atom stereocenters. The third-order valence-corrected chi connectivity index (χ3v) is 3.37. The topological polar surface area (TPSA) is 75.1 Å². The van der Waals surface area contributed by atoms with E-state index >= 15 is 0 Å². The SMILES string of the molecule is O=C(NCC1CCCC1CO)c1cnccn1. The molecule has 0 spiro atoms. The van der Waals surface area contributed by atoms with Crippen molar-refractivity contribution in [2.45, 2.75) is 19.3 Å². The van der Waals surface area contributed by atoms with Gasteiger partial charge in [0.25, 0.3) is 5.91 Å². The molecule has 1 heterocycles. The maximum Gasteiger partial charge on any atom is 0.271 e. The summed E-state index contributed by atoms with van der Waals surface area (Å²) in [7, 11) is 0. The Morgan fingerprint density at radius 2 is 2.24 bits per heavy atom. The lowest BCUT2D eigenvalue weighted by Crippen LogP contribution is -2.32. The minimum Gasteiger partial charge on any atom is -0.396 e. The summed E-state index contributed by atoms with van der Waals surface area (Å²) >= 11 is 0. The molecule has 17 heavy (non-hydrogen) atoms. The van der Waals surface area contributed by atoms with Crippen LogP contribution in [0.4, 0.5) is 0 Å². The van der Waals surface area contributed by atoms with Crippen molar-refractivity contribution in [1.29, 1.82) is 0 Å². The van der Waals surface area contributed by atoms with Crippen LogP contribution in [0, 0.1) is 11.8 Å². The van der Waals surface area contributed by atoms with E-state index in [0.29, 0.717) is 24.1 Å². The van der Waals surface area contributed by atoms with Gasteiger partial charge < -0.3 is 10.4 Å². The molecule has 2 atom stereocenters. The van der Waals surface area contributed by atoms with Gasteiger partial charge in [0, 0.05) is 25.5 Å². The fourth-order valence-corrected chi connectivity index (χ4v) is 2.35. The quantitative estimate of drug-likeness (QED) is 0.802. The lowest BCUT2D eigenvalue weighted by Gasteiger charge is -2.17. The molecule has 1 aliphatic carbocycles. The maximum absolute atomic E-state index is 11.7. The van der Waals surface area contributed by atoms with Crippen LogP contribution in [-0.2, 0) is 0 Å². The molecule has 5 nitrogen and oxygen atoms in total. The van der Waals surface area contributed by atoms with Gasteiger partial charge in [0.2, 0.25) is 0 Å². The van der Waals surface area contributed by atoms with E-state index in [1.54, 1.807) is 0 Å². The van der Waals surface area contributed by atoms with E-state index in [1.807, 2.05) is 0 Å². The average Bonchev–Trinajstić information content (AvgIpc) is 2.84. The second-order valence-electron chi connectivity index (χ2n) is 4.43. The van der Waals surface area contributed by atoms with Gasteiger partial charge >= 0.3 is 0 Å². The maximum atomic E-state index is 11.7. The van der Waals surface area contributed by atoms with Crippen LogP contribution in [-0.4, -0.2) is 34.1 Å². The number of aliphatic hydroxyl groups is 1. The minimum absolute atomic E-state index is 0.193. The van der Waals surface area contributed by atoms with Crippen molar-refractivity contribution in [3.63, 3.8) is 0 Å². The van der Waals surface area contributed by atoms with Gasteiger partial charge in [0.05, 0.1) is 6.20 Å². The van der Waals surface area contributed by atoms with Gasteiger partial charge in [-0.1, -0.05) is 6.42 Å². The smallest absolute Gasteiger partial charge is 0.271 e. The van der Waals surface area contributed by atoms with Crippen LogP contribution >= 0.6 is 0 Å². The zero-order valence-corrected chi connectivity index (χ0v) is 9.67. The summed E-state index contributed by atoms with van der Waals surface area (Å²) in [6.07, 6.45) is 7.76. The molecule has 1 amide bonds. The van der Waals surface area contributed by atoms with E-state index in [9.17, 15) is 9.90 Å². The van der Waals surface area contributed by atoms with Crippen LogP contribution < -0.4 is 5.32 Å². The number of aliphatic hydroxyl groups excluding tert-OH is 1. The number of hydrogen-bond donors (Lipinski definition) is 2. The zero-order valence-electron chi connectivity index (χ0n) is 9.67. The van der Waals surface area contributed by atoms with Gasteiger partial charge in [-0.25, -0.2) is 4.98 Å². The van der Waals surface area contributed by atoms with Gasteiger partial charge in [0.15, 0.2) is 0 Å². The molecular formula is C12H17N3O2. The summed E-state index contributed by atoms with van der Waals surface area (Å²) in [5.74, 6) is 0.527. The molecule has 0 saturated heterocycles. The summed E-state index contributed by atoms with van der Waals surface area (Å²) < 4.78 is 0. The first-order valence-electron chi connectivity index (χ1n) is 5.96. The van der Waals surface area contributed by atoms with Crippen LogP contribution in [0.3, 0.4) is 0 Å². The first kappa shape index (κ1) is 12.0. The van der Waals surface area contributed by atoms with Crippen molar-refractivity contribution in [2.24, 2.45) is 11.8 Å². The second-order valence-corrected chi connectivity index (χ2v) is 4.43. The summed E-state index contributed by atoms with van der Waals surface area (Å²) in [5.41, 5.74) is 0.339. The number of hydrogen-bond acceptors (Lipinski definition) is 4. The number of nitrogens with zero attached hydrogens (tertiary/aromatic N) is 2. The highest BCUT2D eigenvalue weighted by Gasteiger charge is 2.26. The van der Waals surface area contributed by atoms with Crippen LogP contribution in [0.1, 0.15) is 29.8 Å². The van der Waals surface area contributed by atoms with Gasteiger partial charge in [-0.2, -0.15) is 0 Å². The molecule has 2 rings (SSSR count). The Labute approximate surface area is 100 Å². The lowest BCUT2D eigenvalue weighted by atomic mass is 9.97. The Morgan fingerprint density at radius 3 is 2.94 bits per heavy atom. The van der Waals surface area contributed by atoms with Crippen molar-refractivity contribution in [2.75, 3.05) is 13.2 Å². The molecule has 1 aromatic rings. The molecule has 1 fully saturated rings. The van der Waals surface area contributed by atoms with Crippen LogP contribution in [0.25, 0.3) is 0 Å². The Balaban J connectivity index is 1.84. The molecule has 2 N–H and O–H groups in total. The highest BCUT2D eigenvalue weighted by Crippen LogP contribution is 2.30. The third kappa shape index (κ3) is 3.00. The van der Waals surface area contributed by atoms with Gasteiger partial charge in [-0.15, -0.1) is 0 Å². The molecule has 0 aliphatic heterocycles. The van der Waals surface area contributed by atoms with Crippen molar-refractivity contribution in [1.82, 2.24) is 15.3 Å². The number of rotatable bonds is 4. The summed E-state index contributed by atoms with van der Waals surface area (Å²) in [5, 5.41) is 12.0. The van der Waals surface area contributed by atoms with Crippen molar-refractivity contribution < 1.29 is 9.90 Å². The standard InChI is InChI=1S/C12H17N3O2/c16-8-10-3-1-2-9(10)6-15-12(17)11-7-13-4-5-14-11/h4-5,7,9-10,16H,1-3,6,8H2,(H,15,17). The Hall–Kier alpha value is -1.49. The zero-order chi connectivity index (χ0) is 12.1. The van der Waals surface area contributed by atoms with Crippen molar-refractivity contribution in [3.8, 4) is 0 Å². The van der Waals surface area contributed by atoms with E-state index in [0.717, 1.165) is 19.3 Å². The highest BCUT2D eigenvalue weighted by atomic mass is 16.3. The number of carbonyl (C=O) groups is 1. The summed E-state index contributed by atoms with van der Waals surface area (Å²) in [6, 6.07) is 0. The van der Waals surface area contributed by atoms with E-state index in [1.165, 1.54) is 18.6 Å². The molecule has 5 heteroatoms. The summed E-state index contributed by atoms with van der Waals surface area (Å²) in [6.45, 7) is 0.826. The molecule has 0 radical (unpaired) electrons. The van der Waals surface area contributed by atoms with Crippen LogP contribution in [0.15, 0.2) is 18.6 Å². The van der Waals surface area contributed by atoms with Crippen LogP contribution in [0.2, 0.25) is 0 Å². The van der Waals surface area contributed by atoms with Gasteiger partial charge in [-0.3, -0.25) is 9.78 Å². The molecule has 1 saturated carbocycles. The molecule has 0 aromatic carbocycles. The van der Waals surface area contributed by atoms with Crippen molar-refractivity contribution in [3.05, 3.63) is 24.3 Å². The first-order chi connectivity index (χ1) is 8.31. The Morgan fingerprint density at radius 1 is 1.41 bits per heavy atom. The predicted octanol–water partition coefficient (Wildman–Crippen LogP) is 0.615. The lowest BCUT2D eigenvalue weighted by molar-refractivity contribution is 0.0932. The number of nitrogens with one attached hydrogen (secondary N) is 1. The van der Waals surface area contributed by atoms with E-state index < -0.39 is 0 Å². The third-order valence-electron chi connectivity index (χ3n) is 3.37. The Kier molecular flexibility index (Phi) is 4.03. The molecule has 1 aromatic heterocycles. The molecule has 0 bridgehead atoms. The predicted molar refractivity (Wildman–Crippen MR) is 62.3 cm³/mol. The molecule has 92 valence electrons. The highest BCUT2D eigenvalue weighted by molar-refractivity contribution is 5.91. The monoisotopic (exact) mass is 235 g/mol. The second kappa shape index (κ2) is 5.72. The van der Waals surface area contributed by atoms with Gasteiger partial charge in [0.1, 0.15) is 5.69 Å². The molecular weight excluding hydrogens is 218 g/mol. The average molecular weight is 235 g/mol. The number of aromatic nitrogens is 2. The summed E-state index contributed by atoms with van der Waals surface area (Å²) in [4.78, 5) is 19.5. The number of carbonyl (C=O) groups excluding carboxylic acids is 1. The van der Waals surface area contributed by atoms with Crippen LogP contribution in [0.5, 0.6) is 0 Å². The first-order valence-corrected chi connectivity index (χ1v) is 5.96. The number of amides is 1. The van der Waals surface area contributed by atoms with Crippen molar-refractivity contribution >= 4 is 5.91 Å². The largest absolute Gasteiger partial charge is 0.396 e. The van der Waals surface area contributed by atoms with Gasteiger partial charge in [-0.05, 0) is 24.7 Å².